The van der Waals surface area contributed by atoms with Gasteiger partial charge in [-0.3, -0.25) is 0 Å². The van der Waals surface area contributed by atoms with Crippen LogP contribution in [0, 0.1) is 21.4 Å². The molecule has 0 fully saturated rings. The third-order valence-corrected chi connectivity index (χ3v) is 2.03. The van der Waals surface area contributed by atoms with Crippen LogP contribution in [0.1, 0.15) is 35.0 Å². The van der Waals surface area contributed by atoms with Crippen molar-refractivity contribution in [3.63, 3.8) is 0 Å². The fraction of sp³-hybridized carbons (Fsp3) is 0.300. The molecule has 1 rings (SSSR count). The molecule has 9 heteroatoms. The Hall–Kier alpha value is -2.63. The second-order valence-electron chi connectivity index (χ2n) is 3.18. The summed E-state index contributed by atoms with van der Waals surface area (Å²) in [6.07, 6.45) is -3.16. The van der Waals surface area contributed by atoms with Gasteiger partial charge in [0.1, 0.15) is 11.6 Å². The first-order valence-corrected chi connectivity index (χ1v) is 4.97. The number of esters is 1. The molecule has 0 aliphatic heterocycles. The number of ether oxygens (including phenoxy) is 1. The van der Waals surface area contributed by atoms with E-state index in [2.05, 4.69) is 9.72 Å². The molecule has 0 aromatic carbocycles. The van der Waals surface area contributed by atoms with Crippen molar-refractivity contribution in [1.29, 1.82) is 5.26 Å². The van der Waals surface area contributed by atoms with Gasteiger partial charge in [-0.05, 0) is 22.9 Å². The molecule has 0 aliphatic carbocycles. The van der Waals surface area contributed by atoms with E-state index in [1.165, 1.54) is 13.0 Å². The van der Waals surface area contributed by atoms with Crippen molar-refractivity contribution >= 4 is 11.8 Å². The lowest BCUT2D eigenvalue weighted by Crippen LogP contribution is -2.12. The fourth-order valence-corrected chi connectivity index (χ4v) is 1.27. The van der Waals surface area contributed by atoms with E-state index in [1.807, 2.05) is 0 Å². The van der Waals surface area contributed by atoms with Crippen molar-refractivity contribution in [2.24, 2.45) is 0 Å². The Kier molecular flexibility index (Phi) is 4.41. The Morgan fingerprint density at radius 2 is 2.32 bits per heavy atom. The van der Waals surface area contributed by atoms with Crippen LogP contribution >= 0.6 is 0 Å². The molecule has 0 saturated heterocycles. The Morgan fingerprint density at radius 1 is 1.68 bits per heavy atom. The average Bonchev–Trinajstić information content (AvgIpc) is 2.36. The first-order valence-electron chi connectivity index (χ1n) is 4.97. The molecule has 0 unspecified atom stereocenters. The first kappa shape index (κ1) is 14.4. The lowest BCUT2D eigenvalue weighted by Gasteiger charge is -2.04. The highest BCUT2D eigenvalue weighted by Gasteiger charge is 2.31. The van der Waals surface area contributed by atoms with Crippen molar-refractivity contribution in [2.45, 2.75) is 13.3 Å². The van der Waals surface area contributed by atoms with E-state index < -0.39 is 40.0 Å². The van der Waals surface area contributed by atoms with Crippen molar-refractivity contribution in [2.75, 3.05) is 6.61 Å². The molecule has 0 saturated carbocycles. The SMILES string of the molecule is CCOC(=O)c1cc(C#N)c(C(F)F)nc1[N+](=O)[O-]. The molecule has 19 heavy (non-hydrogen) atoms. The zero-order valence-electron chi connectivity index (χ0n) is 9.59. The smallest absolute Gasteiger partial charge is 0.378 e. The van der Waals surface area contributed by atoms with Gasteiger partial charge in [0.15, 0.2) is 5.56 Å². The van der Waals surface area contributed by atoms with Crippen LogP contribution in [0.2, 0.25) is 0 Å². The number of nitrogens with zero attached hydrogens (tertiary/aromatic N) is 3. The van der Waals surface area contributed by atoms with Gasteiger partial charge < -0.3 is 14.9 Å². The molecule has 0 radical (unpaired) electrons. The maximum atomic E-state index is 12.6. The van der Waals surface area contributed by atoms with Crippen LogP contribution in [0.4, 0.5) is 14.6 Å². The molecule has 0 amide bonds. The number of carbonyl (C=O) groups is 1. The summed E-state index contributed by atoms with van der Waals surface area (Å²) in [5, 5.41) is 19.4. The minimum absolute atomic E-state index is 0.0610. The highest BCUT2D eigenvalue weighted by Crippen LogP contribution is 2.26. The third-order valence-electron chi connectivity index (χ3n) is 2.03. The lowest BCUT2D eigenvalue weighted by atomic mass is 10.1. The minimum atomic E-state index is -3.16. The molecule has 1 heterocycles. The standard InChI is InChI=1S/C10H7F2N3O4/c1-2-19-10(16)6-3-5(4-13)7(8(11)12)14-9(6)15(17)18/h3,8H,2H2,1H3. The van der Waals surface area contributed by atoms with E-state index in [4.69, 9.17) is 5.26 Å². The van der Waals surface area contributed by atoms with Crippen LogP contribution in [0.5, 0.6) is 0 Å². The van der Waals surface area contributed by atoms with E-state index in [0.717, 1.165) is 0 Å². The predicted molar refractivity (Wildman–Crippen MR) is 56.5 cm³/mol. The number of hydrogen-bond donors (Lipinski definition) is 0. The van der Waals surface area contributed by atoms with Gasteiger partial charge in [-0.2, -0.15) is 5.26 Å². The molecule has 7 nitrogen and oxygen atoms in total. The summed E-state index contributed by atoms with van der Waals surface area (Å²) in [5.41, 5.74) is -2.28. The van der Waals surface area contributed by atoms with Gasteiger partial charge in [0.2, 0.25) is 5.69 Å². The quantitative estimate of drug-likeness (QED) is 0.470. The predicted octanol–water partition coefficient (Wildman–Crippen LogP) is 1.98. The topological polar surface area (TPSA) is 106 Å². The molecule has 100 valence electrons. The summed E-state index contributed by atoms with van der Waals surface area (Å²) in [4.78, 5) is 24.2. The van der Waals surface area contributed by atoms with Gasteiger partial charge in [-0.15, -0.1) is 0 Å². The van der Waals surface area contributed by atoms with Crippen LogP contribution in [-0.2, 0) is 4.74 Å². The molecular formula is C10H7F2N3O4. The number of aromatic nitrogens is 1. The number of carbonyl (C=O) groups excluding carboxylic acids is 1. The zero-order valence-corrected chi connectivity index (χ0v) is 9.59. The maximum Gasteiger partial charge on any atom is 0.378 e. The Morgan fingerprint density at radius 3 is 2.74 bits per heavy atom. The summed E-state index contributed by atoms with van der Waals surface area (Å²) >= 11 is 0. The van der Waals surface area contributed by atoms with Crippen LogP contribution in [0.15, 0.2) is 6.07 Å². The first-order chi connectivity index (χ1) is 8.92. The number of halogens is 2. The molecule has 0 atom stereocenters. The second-order valence-corrected chi connectivity index (χ2v) is 3.18. The molecule has 0 N–H and O–H groups in total. The normalized spacial score (nSPS) is 10.1. The maximum absolute atomic E-state index is 12.6. The third kappa shape index (κ3) is 2.98. The van der Waals surface area contributed by atoms with Crippen LogP contribution < -0.4 is 0 Å². The van der Waals surface area contributed by atoms with Gasteiger partial charge in [-0.1, -0.05) is 0 Å². The Bertz CT molecular complexity index is 569. The summed E-state index contributed by atoms with van der Waals surface area (Å²) in [5.74, 6) is -2.16. The second kappa shape index (κ2) is 5.81. The Labute approximate surface area is 105 Å². The fourth-order valence-electron chi connectivity index (χ4n) is 1.27. The Balaban J connectivity index is 3.50. The molecule has 0 spiro atoms. The van der Waals surface area contributed by atoms with E-state index in [-0.39, 0.29) is 6.61 Å². The largest absolute Gasteiger partial charge is 0.462 e. The monoisotopic (exact) mass is 271 g/mol. The number of alkyl halides is 2. The van der Waals surface area contributed by atoms with E-state index in [9.17, 15) is 23.7 Å². The van der Waals surface area contributed by atoms with Gasteiger partial charge in [0.05, 0.1) is 6.61 Å². The molecular weight excluding hydrogens is 264 g/mol. The zero-order chi connectivity index (χ0) is 14.6. The summed E-state index contributed by atoms with van der Waals surface area (Å²) in [6.45, 7) is 1.41. The van der Waals surface area contributed by atoms with Crippen LogP contribution in [0.25, 0.3) is 0 Å². The number of hydrogen-bond acceptors (Lipinski definition) is 6. The van der Waals surface area contributed by atoms with Crippen LogP contribution in [0.3, 0.4) is 0 Å². The van der Waals surface area contributed by atoms with E-state index in [1.54, 1.807) is 0 Å². The average molecular weight is 271 g/mol. The number of nitriles is 1. The highest BCUT2D eigenvalue weighted by atomic mass is 19.3. The summed E-state index contributed by atoms with van der Waals surface area (Å²) in [6, 6.07) is 2.09. The molecule has 0 aliphatic rings. The highest BCUT2D eigenvalue weighted by molar-refractivity contribution is 5.93. The van der Waals surface area contributed by atoms with Crippen LogP contribution in [-0.4, -0.2) is 22.5 Å². The minimum Gasteiger partial charge on any atom is -0.462 e. The van der Waals surface area contributed by atoms with Crippen molar-refractivity contribution in [1.82, 2.24) is 4.98 Å². The number of nitro groups is 1. The van der Waals surface area contributed by atoms with Gasteiger partial charge in [0, 0.05) is 0 Å². The van der Waals surface area contributed by atoms with Crippen molar-refractivity contribution in [3.05, 3.63) is 33.0 Å². The molecule has 1 aromatic heterocycles. The summed E-state index contributed by atoms with van der Waals surface area (Å²) in [7, 11) is 0. The number of rotatable bonds is 4. The van der Waals surface area contributed by atoms with E-state index >= 15 is 0 Å². The van der Waals surface area contributed by atoms with E-state index in [0.29, 0.717) is 6.07 Å². The lowest BCUT2D eigenvalue weighted by molar-refractivity contribution is -0.390. The van der Waals surface area contributed by atoms with Gasteiger partial charge in [0.25, 0.3) is 0 Å². The van der Waals surface area contributed by atoms with Gasteiger partial charge >= 0.3 is 18.2 Å². The molecule has 1 aromatic rings. The molecule has 0 bridgehead atoms. The van der Waals surface area contributed by atoms with Gasteiger partial charge in [-0.25, -0.2) is 13.6 Å². The van der Waals surface area contributed by atoms with Crippen molar-refractivity contribution < 1.29 is 23.2 Å². The van der Waals surface area contributed by atoms with Crippen molar-refractivity contribution in [3.8, 4) is 6.07 Å². The number of pyridine rings is 1. The summed E-state index contributed by atoms with van der Waals surface area (Å²) < 4.78 is 29.7.